The van der Waals surface area contributed by atoms with Crippen molar-refractivity contribution in [2.45, 2.75) is 39.7 Å². The van der Waals surface area contributed by atoms with Crippen LogP contribution in [0.25, 0.3) is 0 Å². The van der Waals surface area contributed by atoms with Crippen LogP contribution in [0.2, 0.25) is 0 Å². The molecule has 0 aliphatic heterocycles. The predicted octanol–water partition coefficient (Wildman–Crippen LogP) is 2.97. The third-order valence-corrected chi connectivity index (χ3v) is 4.25. The molecule has 1 aliphatic rings. The lowest BCUT2D eigenvalue weighted by Gasteiger charge is -2.27. The average Bonchev–Trinajstić information content (AvgIpc) is 3.10. The third-order valence-electron chi connectivity index (χ3n) is 4.25. The van der Waals surface area contributed by atoms with E-state index in [0.29, 0.717) is 19.7 Å². The first kappa shape index (κ1) is 19.2. The molecule has 0 saturated heterocycles. The zero-order valence-corrected chi connectivity index (χ0v) is 15.2. The fourth-order valence-corrected chi connectivity index (χ4v) is 3.11. The monoisotopic (exact) mass is 344 g/mol. The van der Waals surface area contributed by atoms with Gasteiger partial charge in [0, 0.05) is 18.8 Å². The van der Waals surface area contributed by atoms with Gasteiger partial charge in [-0.05, 0) is 38.7 Å². The maximum atomic E-state index is 12.8. The van der Waals surface area contributed by atoms with E-state index in [1.807, 2.05) is 47.1 Å². The zero-order chi connectivity index (χ0) is 18.1. The smallest absolute Gasteiger partial charge is 0.320 e. The SMILES string of the molecule is CCOC(=O)CN(CC(=O)N(CC)C1=CCCC1)Cc1ccccc1. The summed E-state index contributed by atoms with van der Waals surface area (Å²) in [6.45, 7) is 5.65. The Kier molecular flexibility index (Phi) is 7.67. The molecule has 0 spiro atoms. The summed E-state index contributed by atoms with van der Waals surface area (Å²) in [6.07, 6.45) is 5.25. The number of amides is 1. The number of nitrogens with zero attached hydrogens (tertiary/aromatic N) is 2. The topological polar surface area (TPSA) is 49.9 Å². The minimum absolute atomic E-state index is 0.0379. The van der Waals surface area contributed by atoms with Gasteiger partial charge < -0.3 is 9.64 Å². The largest absolute Gasteiger partial charge is 0.465 e. The van der Waals surface area contributed by atoms with E-state index in [4.69, 9.17) is 4.74 Å². The highest BCUT2D eigenvalue weighted by molar-refractivity contribution is 5.81. The van der Waals surface area contributed by atoms with Crippen molar-refractivity contribution >= 4 is 11.9 Å². The third kappa shape index (κ3) is 6.02. The summed E-state index contributed by atoms with van der Waals surface area (Å²) in [6, 6.07) is 9.87. The van der Waals surface area contributed by atoms with E-state index in [2.05, 4.69) is 6.08 Å². The Balaban J connectivity index is 2.05. The van der Waals surface area contributed by atoms with Gasteiger partial charge in [0.15, 0.2) is 0 Å². The molecule has 1 aromatic carbocycles. The molecule has 0 aromatic heterocycles. The van der Waals surface area contributed by atoms with Crippen molar-refractivity contribution < 1.29 is 14.3 Å². The molecule has 1 aromatic rings. The Morgan fingerprint density at radius 3 is 2.48 bits per heavy atom. The number of rotatable bonds is 9. The van der Waals surface area contributed by atoms with Gasteiger partial charge in [0.2, 0.25) is 5.91 Å². The lowest BCUT2D eigenvalue weighted by molar-refractivity contribution is -0.145. The first-order valence-electron chi connectivity index (χ1n) is 9.05. The van der Waals surface area contributed by atoms with Crippen LogP contribution in [0, 0.1) is 0 Å². The Hall–Kier alpha value is -2.14. The van der Waals surface area contributed by atoms with E-state index in [-0.39, 0.29) is 25.0 Å². The van der Waals surface area contributed by atoms with Crippen molar-refractivity contribution in [3.8, 4) is 0 Å². The first-order valence-corrected chi connectivity index (χ1v) is 9.05. The molecule has 0 bridgehead atoms. The summed E-state index contributed by atoms with van der Waals surface area (Å²) < 4.78 is 5.06. The van der Waals surface area contributed by atoms with E-state index in [0.717, 1.165) is 30.5 Å². The second-order valence-corrected chi connectivity index (χ2v) is 6.16. The van der Waals surface area contributed by atoms with Gasteiger partial charge in [-0.25, -0.2) is 0 Å². The van der Waals surface area contributed by atoms with Gasteiger partial charge in [-0.1, -0.05) is 36.4 Å². The van der Waals surface area contributed by atoms with Gasteiger partial charge in [0.25, 0.3) is 0 Å². The van der Waals surface area contributed by atoms with E-state index < -0.39 is 0 Å². The fraction of sp³-hybridized carbons (Fsp3) is 0.500. The highest BCUT2D eigenvalue weighted by Crippen LogP contribution is 2.21. The lowest BCUT2D eigenvalue weighted by atomic mass is 10.2. The van der Waals surface area contributed by atoms with Crippen LogP contribution in [0.5, 0.6) is 0 Å². The molecule has 0 radical (unpaired) electrons. The van der Waals surface area contributed by atoms with E-state index >= 15 is 0 Å². The predicted molar refractivity (Wildman–Crippen MR) is 97.7 cm³/mol. The molecular formula is C20H28N2O3. The number of carbonyl (C=O) groups is 2. The molecule has 0 saturated carbocycles. The number of ether oxygens (including phenoxy) is 1. The first-order chi connectivity index (χ1) is 12.1. The number of likely N-dealkylation sites (N-methyl/N-ethyl adjacent to an activating group) is 1. The molecule has 0 atom stereocenters. The molecule has 5 heteroatoms. The highest BCUT2D eigenvalue weighted by atomic mass is 16.5. The molecule has 0 unspecified atom stereocenters. The second kappa shape index (κ2) is 9.99. The van der Waals surface area contributed by atoms with Gasteiger partial charge >= 0.3 is 5.97 Å². The van der Waals surface area contributed by atoms with Gasteiger partial charge in [0.1, 0.15) is 0 Å². The Labute approximate surface area is 150 Å². The Morgan fingerprint density at radius 1 is 1.12 bits per heavy atom. The standard InChI is InChI=1S/C20H28N2O3/c1-3-22(18-12-8-9-13-18)19(23)15-21(16-20(24)25-4-2)14-17-10-6-5-7-11-17/h5-7,10-12H,3-4,8-9,13-16H2,1-2H3. The summed E-state index contributed by atoms with van der Waals surface area (Å²) >= 11 is 0. The summed E-state index contributed by atoms with van der Waals surface area (Å²) in [4.78, 5) is 28.4. The molecule has 1 aliphatic carbocycles. The molecule has 0 N–H and O–H groups in total. The normalized spacial score (nSPS) is 13.6. The molecule has 2 rings (SSSR count). The van der Waals surface area contributed by atoms with Gasteiger partial charge in [-0.3, -0.25) is 14.5 Å². The fourth-order valence-electron chi connectivity index (χ4n) is 3.11. The van der Waals surface area contributed by atoms with Crippen molar-refractivity contribution in [1.82, 2.24) is 9.80 Å². The molecule has 1 amide bonds. The molecule has 0 heterocycles. The summed E-state index contributed by atoms with van der Waals surface area (Å²) in [5.41, 5.74) is 2.19. The van der Waals surface area contributed by atoms with Gasteiger partial charge in [-0.15, -0.1) is 0 Å². The summed E-state index contributed by atoms with van der Waals surface area (Å²) in [7, 11) is 0. The van der Waals surface area contributed by atoms with Crippen molar-refractivity contribution in [1.29, 1.82) is 0 Å². The molecule has 25 heavy (non-hydrogen) atoms. The highest BCUT2D eigenvalue weighted by Gasteiger charge is 2.22. The number of allylic oxidation sites excluding steroid dienone is 2. The quantitative estimate of drug-likeness (QED) is 0.646. The van der Waals surface area contributed by atoms with Crippen molar-refractivity contribution in [2.24, 2.45) is 0 Å². The minimum Gasteiger partial charge on any atom is -0.465 e. The van der Waals surface area contributed by atoms with Crippen LogP contribution in [-0.4, -0.2) is 47.9 Å². The van der Waals surface area contributed by atoms with Crippen molar-refractivity contribution in [3.05, 3.63) is 47.7 Å². The van der Waals surface area contributed by atoms with Crippen LogP contribution in [0.15, 0.2) is 42.1 Å². The number of esters is 1. The van der Waals surface area contributed by atoms with Crippen molar-refractivity contribution in [2.75, 3.05) is 26.2 Å². The zero-order valence-electron chi connectivity index (χ0n) is 15.2. The van der Waals surface area contributed by atoms with Gasteiger partial charge in [0.05, 0.1) is 19.7 Å². The summed E-state index contributed by atoms with van der Waals surface area (Å²) in [5.74, 6) is -0.259. The van der Waals surface area contributed by atoms with Crippen molar-refractivity contribution in [3.63, 3.8) is 0 Å². The van der Waals surface area contributed by atoms with E-state index in [1.165, 1.54) is 0 Å². The number of benzene rings is 1. The Morgan fingerprint density at radius 2 is 1.88 bits per heavy atom. The molecule has 5 nitrogen and oxygen atoms in total. The second-order valence-electron chi connectivity index (χ2n) is 6.16. The number of carbonyl (C=O) groups excluding carboxylic acids is 2. The lowest BCUT2D eigenvalue weighted by Crippen LogP contribution is -2.41. The van der Waals surface area contributed by atoms with E-state index in [9.17, 15) is 9.59 Å². The maximum Gasteiger partial charge on any atom is 0.320 e. The molecule has 0 fully saturated rings. The summed E-state index contributed by atoms with van der Waals surface area (Å²) in [5, 5.41) is 0. The van der Waals surface area contributed by atoms with Gasteiger partial charge in [-0.2, -0.15) is 0 Å². The molecule has 136 valence electrons. The maximum absolute atomic E-state index is 12.8. The van der Waals surface area contributed by atoms with E-state index in [1.54, 1.807) is 6.92 Å². The van der Waals surface area contributed by atoms with Crippen LogP contribution in [0.3, 0.4) is 0 Å². The van der Waals surface area contributed by atoms with Crippen LogP contribution in [-0.2, 0) is 20.9 Å². The molecular weight excluding hydrogens is 316 g/mol. The van der Waals surface area contributed by atoms with Crippen LogP contribution < -0.4 is 0 Å². The Bertz CT molecular complexity index is 598. The minimum atomic E-state index is -0.297. The van der Waals surface area contributed by atoms with Crippen LogP contribution in [0.4, 0.5) is 0 Å². The van der Waals surface area contributed by atoms with Crippen LogP contribution >= 0.6 is 0 Å². The number of hydrogen-bond acceptors (Lipinski definition) is 4. The average molecular weight is 344 g/mol. The number of hydrogen-bond donors (Lipinski definition) is 0. The van der Waals surface area contributed by atoms with Crippen LogP contribution in [0.1, 0.15) is 38.7 Å².